The molecule has 1 aromatic rings. The third-order valence-electron chi connectivity index (χ3n) is 4.63. The Morgan fingerprint density at radius 3 is 2.76 bits per heavy atom. The van der Waals surface area contributed by atoms with Crippen LogP contribution in [0.1, 0.15) is 31.4 Å². The molecule has 0 amide bonds. The Bertz CT molecular complexity index is 368. The Balaban J connectivity index is 1.70. The van der Waals surface area contributed by atoms with Gasteiger partial charge in [-0.3, -0.25) is 4.90 Å². The molecule has 2 fully saturated rings. The summed E-state index contributed by atoms with van der Waals surface area (Å²) in [7, 11) is 0. The summed E-state index contributed by atoms with van der Waals surface area (Å²) >= 11 is 0. The highest BCUT2D eigenvalue weighted by atomic mass is 15.2. The molecule has 2 nitrogen and oxygen atoms in total. The van der Waals surface area contributed by atoms with Crippen LogP contribution >= 0.6 is 0 Å². The summed E-state index contributed by atoms with van der Waals surface area (Å²) in [5.74, 6) is 0. The molecule has 2 aliphatic rings. The average Bonchev–Trinajstić information content (AvgIpc) is 3.01. The monoisotopic (exact) mass is 230 g/mol. The van der Waals surface area contributed by atoms with Gasteiger partial charge in [-0.2, -0.15) is 0 Å². The number of nitrogens with one attached hydrogen (secondary N) is 1. The van der Waals surface area contributed by atoms with Crippen molar-refractivity contribution >= 4 is 0 Å². The van der Waals surface area contributed by atoms with Crippen molar-refractivity contribution < 1.29 is 0 Å². The largest absolute Gasteiger partial charge is 0.316 e. The molecule has 0 unspecified atom stereocenters. The molecule has 2 heteroatoms. The molecule has 2 heterocycles. The van der Waals surface area contributed by atoms with E-state index in [-0.39, 0.29) is 0 Å². The average molecular weight is 230 g/mol. The second kappa shape index (κ2) is 4.43. The first-order valence-corrected chi connectivity index (χ1v) is 6.79. The molecule has 3 rings (SSSR count). The molecule has 1 N–H and O–H groups in total. The summed E-state index contributed by atoms with van der Waals surface area (Å²) in [5, 5.41) is 3.53. The van der Waals surface area contributed by atoms with E-state index in [9.17, 15) is 0 Å². The smallest absolute Gasteiger partial charge is 0.0320 e. The van der Waals surface area contributed by atoms with Crippen molar-refractivity contribution in [1.82, 2.24) is 10.2 Å². The van der Waals surface area contributed by atoms with Gasteiger partial charge < -0.3 is 5.32 Å². The summed E-state index contributed by atoms with van der Waals surface area (Å²) in [6.07, 6.45) is 2.74. The molecule has 2 atom stereocenters. The number of hydrogen-bond donors (Lipinski definition) is 1. The molecule has 92 valence electrons. The summed E-state index contributed by atoms with van der Waals surface area (Å²) < 4.78 is 0. The number of likely N-dealkylation sites (tertiary alicyclic amines) is 1. The molecule has 1 aromatic carbocycles. The molecule has 0 aromatic heterocycles. The van der Waals surface area contributed by atoms with Crippen molar-refractivity contribution in [2.24, 2.45) is 5.41 Å². The van der Waals surface area contributed by atoms with Crippen LogP contribution < -0.4 is 5.32 Å². The van der Waals surface area contributed by atoms with Gasteiger partial charge in [0, 0.05) is 19.1 Å². The maximum atomic E-state index is 3.53. The number of rotatable bonds is 2. The Morgan fingerprint density at radius 2 is 2.06 bits per heavy atom. The van der Waals surface area contributed by atoms with Crippen molar-refractivity contribution in [3.05, 3.63) is 35.9 Å². The van der Waals surface area contributed by atoms with Crippen LogP contribution in [0.25, 0.3) is 0 Å². The first-order chi connectivity index (χ1) is 8.29. The van der Waals surface area contributed by atoms with Gasteiger partial charge >= 0.3 is 0 Å². The van der Waals surface area contributed by atoms with Crippen LogP contribution in [-0.4, -0.2) is 31.1 Å². The zero-order valence-electron chi connectivity index (χ0n) is 10.7. The Morgan fingerprint density at radius 1 is 1.24 bits per heavy atom. The molecule has 0 saturated carbocycles. The minimum absolute atomic E-state index is 0.566. The van der Waals surface area contributed by atoms with E-state index in [0.29, 0.717) is 11.5 Å². The van der Waals surface area contributed by atoms with E-state index < -0.39 is 0 Å². The second-order valence-corrected chi connectivity index (χ2v) is 5.73. The molecule has 0 aliphatic carbocycles. The highest BCUT2D eigenvalue weighted by Crippen LogP contribution is 2.39. The first-order valence-electron chi connectivity index (χ1n) is 6.79. The van der Waals surface area contributed by atoms with Gasteiger partial charge in [0.05, 0.1) is 0 Å². The van der Waals surface area contributed by atoms with E-state index in [4.69, 9.17) is 0 Å². The Labute approximate surface area is 104 Å². The molecule has 2 saturated heterocycles. The van der Waals surface area contributed by atoms with Crippen LogP contribution in [0.15, 0.2) is 30.3 Å². The zero-order valence-corrected chi connectivity index (χ0v) is 10.7. The molecule has 0 radical (unpaired) electrons. The van der Waals surface area contributed by atoms with Gasteiger partial charge in [0.1, 0.15) is 0 Å². The van der Waals surface area contributed by atoms with Crippen LogP contribution in [0.3, 0.4) is 0 Å². The van der Waals surface area contributed by atoms with Gasteiger partial charge in [-0.1, -0.05) is 30.3 Å². The Kier molecular flexibility index (Phi) is 2.93. The van der Waals surface area contributed by atoms with Crippen molar-refractivity contribution in [2.45, 2.75) is 25.8 Å². The summed E-state index contributed by atoms with van der Waals surface area (Å²) in [5.41, 5.74) is 2.04. The van der Waals surface area contributed by atoms with E-state index in [2.05, 4.69) is 47.5 Å². The summed E-state index contributed by atoms with van der Waals surface area (Å²) in [6, 6.07) is 11.5. The standard InChI is InChI=1S/C15H22N2/c1-13(14-5-3-2-4-6-14)17-10-8-15(12-17)7-9-16-11-15/h2-6,13,16H,7-12H2,1H3/t13-,15-/m0/s1. The SMILES string of the molecule is C[C@@H](c1ccccc1)N1CC[C@]2(CCNC2)C1. The van der Waals surface area contributed by atoms with E-state index in [0.717, 1.165) is 0 Å². The molecule has 1 spiro atoms. The normalized spacial score (nSPS) is 31.1. The molecule has 17 heavy (non-hydrogen) atoms. The predicted molar refractivity (Wildman–Crippen MR) is 71.0 cm³/mol. The number of benzene rings is 1. The van der Waals surface area contributed by atoms with Gasteiger partial charge in [-0.05, 0) is 43.8 Å². The van der Waals surface area contributed by atoms with E-state index in [1.807, 2.05) is 0 Å². The van der Waals surface area contributed by atoms with E-state index in [1.165, 1.54) is 44.6 Å². The van der Waals surface area contributed by atoms with Crippen LogP contribution in [0.5, 0.6) is 0 Å². The topological polar surface area (TPSA) is 15.3 Å². The zero-order chi connectivity index (χ0) is 11.7. The summed E-state index contributed by atoms with van der Waals surface area (Å²) in [4.78, 5) is 2.66. The number of nitrogens with zero attached hydrogens (tertiary/aromatic N) is 1. The molecule has 2 aliphatic heterocycles. The summed E-state index contributed by atoms with van der Waals surface area (Å²) in [6.45, 7) is 7.32. The van der Waals surface area contributed by atoms with Gasteiger partial charge in [0.2, 0.25) is 0 Å². The van der Waals surface area contributed by atoms with Gasteiger partial charge in [-0.15, -0.1) is 0 Å². The van der Waals surface area contributed by atoms with Crippen molar-refractivity contribution in [1.29, 1.82) is 0 Å². The fourth-order valence-electron chi connectivity index (χ4n) is 3.39. The number of hydrogen-bond acceptors (Lipinski definition) is 2. The van der Waals surface area contributed by atoms with Gasteiger partial charge in [-0.25, -0.2) is 0 Å². The maximum absolute atomic E-state index is 3.53. The maximum Gasteiger partial charge on any atom is 0.0320 e. The predicted octanol–water partition coefficient (Wildman–Crippen LogP) is 2.43. The quantitative estimate of drug-likeness (QED) is 0.839. The molecular weight excluding hydrogens is 208 g/mol. The molecule has 0 bridgehead atoms. The first kappa shape index (κ1) is 11.2. The van der Waals surface area contributed by atoms with Gasteiger partial charge in [0.25, 0.3) is 0 Å². The van der Waals surface area contributed by atoms with Crippen LogP contribution in [0.4, 0.5) is 0 Å². The highest BCUT2D eigenvalue weighted by molar-refractivity contribution is 5.19. The van der Waals surface area contributed by atoms with Crippen LogP contribution in [0, 0.1) is 5.41 Å². The Hall–Kier alpha value is -0.860. The highest BCUT2D eigenvalue weighted by Gasteiger charge is 2.41. The second-order valence-electron chi connectivity index (χ2n) is 5.73. The lowest BCUT2D eigenvalue weighted by Crippen LogP contribution is -2.30. The minimum atomic E-state index is 0.566. The van der Waals surface area contributed by atoms with Crippen LogP contribution in [0.2, 0.25) is 0 Å². The lowest BCUT2D eigenvalue weighted by Gasteiger charge is -2.27. The van der Waals surface area contributed by atoms with Crippen molar-refractivity contribution in [3.8, 4) is 0 Å². The van der Waals surface area contributed by atoms with Crippen molar-refractivity contribution in [3.63, 3.8) is 0 Å². The minimum Gasteiger partial charge on any atom is -0.316 e. The van der Waals surface area contributed by atoms with Crippen LogP contribution in [-0.2, 0) is 0 Å². The van der Waals surface area contributed by atoms with Gasteiger partial charge in [0.15, 0.2) is 0 Å². The third kappa shape index (κ3) is 2.12. The fourth-order valence-corrected chi connectivity index (χ4v) is 3.39. The van der Waals surface area contributed by atoms with E-state index >= 15 is 0 Å². The fraction of sp³-hybridized carbons (Fsp3) is 0.600. The van der Waals surface area contributed by atoms with E-state index in [1.54, 1.807) is 0 Å². The lowest BCUT2D eigenvalue weighted by atomic mass is 9.86. The third-order valence-corrected chi connectivity index (χ3v) is 4.63. The molecular formula is C15H22N2. The lowest BCUT2D eigenvalue weighted by molar-refractivity contribution is 0.224. The van der Waals surface area contributed by atoms with Crippen molar-refractivity contribution in [2.75, 3.05) is 26.2 Å².